The lowest BCUT2D eigenvalue weighted by Gasteiger charge is -2.14. The van der Waals surface area contributed by atoms with Gasteiger partial charge in [-0.25, -0.2) is 0 Å². The molecule has 0 N–H and O–H groups in total. The molecule has 22 heavy (non-hydrogen) atoms. The highest BCUT2D eigenvalue weighted by molar-refractivity contribution is 5.86. The smallest absolute Gasteiger partial charge is 0.127 e. The number of hydrogen-bond acceptors (Lipinski definition) is 3. The molecule has 0 aliphatic heterocycles. The second-order valence-electron chi connectivity index (χ2n) is 4.83. The maximum absolute atomic E-state index is 5.56. The first kappa shape index (κ1) is 14.1. The van der Waals surface area contributed by atoms with Gasteiger partial charge in [-0.2, -0.15) is 0 Å². The predicted octanol–water partition coefficient (Wildman–Crippen LogP) is 4.43. The fraction of sp³-hybridized carbons (Fsp3) is 0.105. The van der Waals surface area contributed by atoms with Gasteiger partial charge in [0.05, 0.1) is 19.9 Å². The van der Waals surface area contributed by atoms with E-state index in [0.29, 0.717) is 0 Å². The van der Waals surface area contributed by atoms with Crippen molar-refractivity contribution in [2.24, 2.45) is 0 Å². The minimum absolute atomic E-state index is 0.827. The Balaban J connectivity index is 2.19. The maximum Gasteiger partial charge on any atom is 0.127 e. The summed E-state index contributed by atoms with van der Waals surface area (Å²) >= 11 is 0. The number of rotatable bonds is 4. The zero-order valence-corrected chi connectivity index (χ0v) is 12.6. The van der Waals surface area contributed by atoms with Gasteiger partial charge in [-0.05, 0) is 35.9 Å². The lowest BCUT2D eigenvalue weighted by atomic mass is 9.96. The summed E-state index contributed by atoms with van der Waals surface area (Å²) in [5.74, 6) is 1.66. The average molecular weight is 291 g/mol. The van der Waals surface area contributed by atoms with E-state index in [4.69, 9.17) is 9.47 Å². The van der Waals surface area contributed by atoms with Crippen LogP contribution in [0.25, 0.3) is 22.4 Å². The van der Waals surface area contributed by atoms with Crippen molar-refractivity contribution in [3.8, 4) is 33.9 Å². The third kappa shape index (κ3) is 2.66. The summed E-state index contributed by atoms with van der Waals surface area (Å²) < 4.78 is 10.8. The van der Waals surface area contributed by atoms with Crippen LogP contribution >= 0.6 is 0 Å². The van der Waals surface area contributed by atoms with E-state index in [1.54, 1.807) is 20.4 Å². The molecule has 0 bridgehead atoms. The van der Waals surface area contributed by atoms with Gasteiger partial charge in [0.2, 0.25) is 0 Å². The quantitative estimate of drug-likeness (QED) is 0.712. The molecule has 0 aliphatic carbocycles. The lowest BCUT2D eigenvalue weighted by molar-refractivity contribution is 0.414. The van der Waals surface area contributed by atoms with Crippen molar-refractivity contribution in [1.29, 1.82) is 0 Å². The highest BCUT2D eigenvalue weighted by Gasteiger charge is 2.13. The Morgan fingerprint density at radius 3 is 2.23 bits per heavy atom. The molecule has 3 rings (SSSR count). The van der Waals surface area contributed by atoms with Crippen LogP contribution in [0, 0.1) is 0 Å². The molecule has 3 heteroatoms. The molecular weight excluding hydrogens is 274 g/mol. The summed E-state index contributed by atoms with van der Waals surface area (Å²) in [4.78, 5) is 4.46. The maximum atomic E-state index is 5.56. The first-order valence-corrected chi connectivity index (χ1v) is 7.06. The molecule has 1 aromatic heterocycles. The molecule has 0 saturated heterocycles. The molecular formula is C19H17NO2. The van der Waals surface area contributed by atoms with Gasteiger partial charge in [-0.1, -0.05) is 30.3 Å². The van der Waals surface area contributed by atoms with E-state index in [9.17, 15) is 0 Å². The van der Waals surface area contributed by atoms with Gasteiger partial charge in [0.25, 0.3) is 0 Å². The van der Waals surface area contributed by atoms with Crippen molar-refractivity contribution in [2.45, 2.75) is 0 Å². The van der Waals surface area contributed by atoms with Gasteiger partial charge in [0.1, 0.15) is 11.5 Å². The van der Waals surface area contributed by atoms with Crippen molar-refractivity contribution in [3.05, 3.63) is 66.9 Å². The number of ether oxygens (including phenoxy) is 2. The zero-order valence-electron chi connectivity index (χ0n) is 12.6. The van der Waals surface area contributed by atoms with Crippen LogP contribution in [-0.4, -0.2) is 19.2 Å². The Kier molecular flexibility index (Phi) is 4.05. The lowest BCUT2D eigenvalue weighted by Crippen LogP contribution is -1.93. The molecule has 0 aliphatic rings. The number of methoxy groups -OCH3 is 2. The molecule has 0 atom stereocenters. The average Bonchev–Trinajstić information content (AvgIpc) is 2.62. The van der Waals surface area contributed by atoms with E-state index in [-0.39, 0.29) is 0 Å². The Hall–Kier alpha value is -2.81. The summed E-state index contributed by atoms with van der Waals surface area (Å²) in [6.07, 6.45) is 1.80. The van der Waals surface area contributed by atoms with Gasteiger partial charge in [-0.3, -0.25) is 4.98 Å². The van der Waals surface area contributed by atoms with Crippen molar-refractivity contribution < 1.29 is 9.47 Å². The molecule has 0 radical (unpaired) electrons. The van der Waals surface area contributed by atoms with E-state index in [0.717, 1.165) is 33.9 Å². The van der Waals surface area contributed by atoms with Gasteiger partial charge in [0.15, 0.2) is 0 Å². The van der Waals surface area contributed by atoms with Gasteiger partial charge < -0.3 is 9.47 Å². The first-order chi connectivity index (χ1) is 10.8. The van der Waals surface area contributed by atoms with Crippen LogP contribution in [-0.2, 0) is 0 Å². The van der Waals surface area contributed by atoms with Crippen LogP contribution in [0.4, 0.5) is 0 Å². The monoisotopic (exact) mass is 291 g/mol. The highest BCUT2D eigenvalue weighted by Crippen LogP contribution is 2.38. The molecule has 0 saturated carbocycles. The Labute approximate surface area is 130 Å². The number of aromatic nitrogens is 1. The predicted molar refractivity (Wildman–Crippen MR) is 88.2 cm³/mol. The van der Waals surface area contributed by atoms with E-state index in [2.05, 4.69) is 11.1 Å². The van der Waals surface area contributed by atoms with Crippen LogP contribution < -0.4 is 9.47 Å². The summed E-state index contributed by atoms with van der Waals surface area (Å²) in [7, 11) is 3.35. The first-order valence-electron chi connectivity index (χ1n) is 7.06. The second-order valence-corrected chi connectivity index (χ2v) is 4.83. The molecule has 0 unspecified atom stereocenters. The summed E-state index contributed by atoms with van der Waals surface area (Å²) in [6, 6.07) is 19.9. The number of benzene rings is 2. The Morgan fingerprint density at radius 1 is 0.773 bits per heavy atom. The van der Waals surface area contributed by atoms with E-state index in [1.807, 2.05) is 54.6 Å². The minimum Gasteiger partial charge on any atom is -0.497 e. The van der Waals surface area contributed by atoms with Crippen molar-refractivity contribution in [2.75, 3.05) is 14.2 Å². The van der Waals surface area contributed by atoms with E-state index >= 15 is 0 Å². The van der Waals surface area contributed by atoms with Crippen LogP contribution in [0.1, 0.15) is 0 Å². The number of pyridine rings is 1. The normalized spacial score (nSPS) is 10.3. The molecule has 3 nitrogen and oxygen atoms in total. The second kappa shape index (κ2) is 6.31. The van der Waals surface area contributed by atoms with Crippen LogP contribution in [0.15, 0.2) is 66.9 Å². The van der Waals surface area contributed by atoms with Gasteiger partial charge in [-0.15, -0.1) is 0 Å². The SMILES string of the molecule is COc1ccc(-c2c(OC)cccc2-c2ccccn2)cc1. The van der Waals surface area contributed by atoms with Crippen molar-refractivity contribution in [3.63, 3.8) is 0 Å². The van der Waals surface area contributed by atoms with Crippen molar-refractivity contribution in [1.82, 2.24) is 4.98 Å². The molecule has 3 aromatic rings. The third-order valence-corrected chi connectivity index (χ3v) is 3.57. The summed E-state index contributed by atoms with van der Waals surface area (Å²) in [5, 5.41) is 0. The molecule has 0 amide bonds. The molecule has 110 valence electrons. The minimum atomic E-state index is 0.827. The largest absolute Gasteiger partial charge is 0.497 e. The van der Waals surface area contributed by atoms with Crippen LogP contribution in [0.2, 0.25) is 0 Å². The highest BCUT2D eigenvalue weighted by atomic mass is 16.5. The fourth-order valence-electron chi connectivity index (χ4n) is 2.49. The Bertz CT molecular complexity index is 752. The Morgan fingerprint density at radius 2 is 1.59 bits per heavy atom. The third-order valence-electron chi connectivity index (χ3n) is 3.57. The molecule has 0 spiro atoms. The van der Waals surface area contributed by atoms with Gasteiger partial charge >= 0.3 is 0 Å². The van der Waals surface area contributed by atoms with E-state index < -0.39 is 0 Å². The standard InChI is InChI=1S/C19H17NO2/c1-21-15-11-9-14(10-12-15)19-16(6-5-8-18(19)22-2)17-7-3-4-13-20-17/h3-13H,1-2H3. The topological polar surface area (TPSA) is 31.4 Å². The van der Waals surface area contributed by atoms with Gasteiger partial charge in [0, 0.05) is 17.3 Å². The molecule has 2 aromatic carbocycles. The van der Waals surface area contributed by atoms with E-state index in [1.165, 1.54) is 0 Å². The fourth-order valence-corrected chi connectivity index (χ4v) is 2.49. The number of hydrogen-bond donors (Lipinski definition) is 0. The van der Waals surface area contributed by atoms with Crippen LogP contribution in [0.3, 0.4) is 0 Å². The van der Waals surface area contributed by atoms with Crippen molar-refractivity contribution >= 4 is 0 Å². The molecule has 0 fully saturated rings. The summed E-state index contributed by atoms with van der Waals surface area (Å²) in [5.41, 5.74) is 4.07. The molecule has 1 heterocycles. The summed E-state index contributed by atoms with van der Waals surface area (Å²) in [6.45, 7) is 0. The number of nitrogens with zero attached hydrogens (tertiary/aromatic N) is 1. The zero-order chi connectivity index (χ0) is 15.4. The van der Waals surface area contributed by atoms with Crippen LogP contribution in [0.5, 0.6) is 11.5 Å².